The molecule has 2 amide bonds. The number of aliphatic carboxylic acids is 1. The summed E-state index contributed by atoms with van der Waals surface area (Å²) < 4.78 is 5.52. The summed E-state index contributed by atoms with van der Waals surface area (Å²) in [5.74, 6) is -1.58. The van der Waals surface area contributed by atoms with Crippen molar-refractivity contribution in [1.82, 2.24) is 15.6 Å². The van der Waals surface area contributed by atoms with Crippen molar-refractivity contribution in [2.75, 3.05) is 13.2 Å². The van der Waals surface area contributed by atoms with Crippen LogP contribution in [0.2, 0.25) is 0 Å². The highest BCUT2D eigenvalue weighted by Gasteiger charge is 2.30. The highest BCUT2D eigenvalue weighted by Crippen LogP contribution is 2.44. The summed E-state index contributed by atoms with van der Waals surface area (Å²) in [7, 11) is 0. The molecule has 1 aromatic heterocycles. The third kappa shape index (κ3) is 6.24. The van der Waals surface area contributed by atoms with Crippen LogP contribution in [0.4, 0.5) is 4.79 Å². The summed E-state index contributed by atoms with van der Waals surface area (Å²) in [6, 6.07) is 15.0. The Morgan fingerprint density at radius 1 is 1.06 bits per heavy atom. The maximum atomic E-state index is 12.7. The molecule has 1 unspecified atom stereocenters. The number of nitrogens with zero attached hydrogens (tertiary/aromatic N) is 1. The highest BCUT2D eigenvalue weighted by atomic mass is 32.1. The molecule has 0 fully saturated rings. The predicted octanol–water partition coefficient (Wildman–Crippen LogP) is 3.96. The van der Waals surface area contributed by atoms with E-state index >= 15 is 0 Å². The second kappa shape index (κ2) is 11.6. The van der Waals surface area contributed by atoms with E-state index in [1.807, 2.05) is 41.8 Å². The van der Waals surface area contributed by atoms with Crippen LogP contribution in [0.25, 0.3) is 11.1 Å². The number of benzene rings is 2. The molecule has 2 aromatic carbocycles. The molecule has 182 valence electrons. The van der Waals surface area contributed by atoms with Gasteiger partial charge in [0.05, 0.1) is 5.01 Å². The maximum Gasteiger partial charge on any atom is 0.407 e. The second-order valence-corrected chi connectivity index (χ2v) is 9.25. The summed E-state index contributed by atoms with van der Waals surface area (Å²) in [5.41, 5.74) is 4.41. The molecule has 0 radical (unpaired) electrons. The zero-order valence-corrected chi connectivity index (χ0v) is 19.9. The van der Waals surface area contributed by atoms with E-state index in [9.17, 15) is 14.4 Å². The summed E-state index contributed by atoms with van der Waals surface area (Å²) in [5, 5.41) is 17.3. The first-order chi connectivity index (χ1) is 17.0. The predicted molar refractivity (Wildman–Crippen MR) is 132 cm³/mol. The van der Waals surface area contributed by atoms with Crippen LogP contribution in [0.5, 0.6) is 0 Å². The number of hydrogen-bond acceptors (Lipinski definition) is 6. The van der Waals surface area contributed by atoms with Crippen LogP contribution in [0.1, 0.15) is 41.3 Å². The van der Waals surface area contributed by atoms with Gasteiger partial charge in [-0.3, -0.25) is 9.59 Å². The van der Waals surface area contributed by atoms with Crippen LogP contribution in [-0.2, 0) is 20.7 Å². The van der Waals surface area contributed by atoms with Crippen LogP contribution < -0.4 is 10.6 Å². The van der Waals surface area contributed by atoms with E-state index in [0.29, 0.717) is 13.0 Å². The van der Waals surface area contributed by atoms with Crippen molar-refractivity contribution in [1.29, 1.82) is 0 Å². The van der Waals surface area contributed by atoms with Gasteiger partial charge in [-0.2, -0.15) is 0 Å². The average Bonchev–Trinajstić information content (AvgIpc) is 3.49. The number of carboxylic acid groups (broad SMARTS) is 1. The molecular weight excluding hydrogens is 466 g/mol. The number of carboxylic acids is 1. The number of carbonyl (C=O) groups is 3. The third-order valence-corrected chi connectivity index (χ3v) is 6.79. The molecule has 0 aliphatic heterocycles. The fourth-order valence-electron chi connectivity index (χ4n) is 4.27. The SMILES string of the molecule is O=C(O)CCC(NC(=O)OCC1c2ccccc2-c2ccccc21)C(=O)NCCCc1nccs1. The smallest absolute Gasteiger partial charge is 0.407 e. The zero-order chi connectivity index (χ0) is 24.6. The van der Waals surface area contributed by atoms with E-state index in [1.165, 1.54) is 0 Å². The van der Waals surface area contributed by atoms with Crippen molar-refractivity contribution in [3.05, 3.63) is 76.2 Å². The Morgan fingerprint density at radius 2 is 1.74 bits per heavy atom. The van der Waals surface area contributed by atoms with Crippen LogP contribution in [0.15, 0.2) is 60.1 Å². The molecule has 1 aliphatic carbocycles. The standard InChI is InChI=1S/C26H27N3O5S/c30-24(31)12-11-22(25(32)28-13-5-10-23-27-14-15-35-23)29-26(33)34-16-21-19-8-3-1-6-17(19)18-7-2-4-9-20(18)21/h1-4,6-9,14-15,21-22H,5,10-13,16H2,(H,28,32)(H,29,33)(H,30,31). The van der Waals surface area contributed by atoms with Gasteiger partial charge in [0.1, 0.15) is 12.6 Å². The number of aromatic nitrogens is 1. The van der Waals surface area contributed by atoms with Gasteiger partial charge >= 0.3 is 12.1 Å². The van der Waals surface area contributed by atoms with Crippen LogP contribution in [0.3, 0.4) is 0 Å². The number of hydrogen-bond donors (Lipinski definition) is 3. The molecule has 3 aromatic rings. The van der Waals surface area contributed by atoms with Crippen molar-refractivity contribution < 1.29 is 24.2 Å². The molecule has 1 atom stereocenters. The third-order valence-electron chi connectivity index (χ3n) is 5.95. The maximum absolute atomic E-state index is 12.7. The number of carbonyl (C=O) groups excluding carboxylic acids is 2. The van der Waals surface area contributed by atoms with Gasteiger partial charge in [0, 0.05) is 36.9 Å². The fourth-order valence-corrected chi connectivity index (χ4v) is 4.93. The normalized spacial score (nSPS) is 12.9. The van der Waals surface area contributed by atoms with E-state index in [0.717, 1.165) is 33.7 Å². The molecule has 4 rings (SSSR count). The highest BCUT2D eigenvalue weighted by molar-refractivity contribution is 7.09. The number of alkyl carbamates (subject to hydrolysis) is 1. The number of amides is 2. The lowest BCUT2D eigenvalue weighted by Crippen LogP contribution is -2.47. The zero-order valence-electron chi connectivity index (χ0n) is 19.1. The van der Waals surface area contributed by atoms with Gasteiger partial charge in [-0.05, 0) is 35.1 Å². The largest absolute Gasteiger partial charge is 0.481 e. The van der Waals surface area contributed by atoms with Gasteiger partial charge in [-0.1, -0.05) is 48.5 Å². The van der Waals surface area contributed by atoms with Crippen molar-refractivity contribution in [3.63, 3.8) is 0 Å². The number of fused-ring (bicyclic) bond motifs is 3. The Hall–Kier alpha value is -3.72. The van der Waals surface area contributed by atoms with Gasteiger partial charge in [0.15, 0.2) is 0 Å². The first-order valence-electron chi connectivity index (χ1n) is 11.5. The van der Waals surface area contributed by atoms with Crippen LogP contribution in [0, 0.1) is 0 Å². The average molecular weight is 494 g/mol. The topological polar surface area (TPSA) is 118 Å². The Bertz CT molecular complexity index is 1140. The van der Waals surface area contributed by atoms with Gasteiger partial charge in [0.2, 0.25) is 5.91 Å². The molecule has 0 spiro atoms. The lowest BCUT2D eigenvalue weighted by atomic mass is 9.98. The van der Waals surface area contributed by atoms with Gasteiger partial charge in [-0.15, -0.1) is 11.3 Å². The Morgan fingerprint density at radius 3 is 2.37 bits per heavy atom. The Balaban J connectivity index is 1.32. The van der Waals surface area contributed by atoms with E-state index in [4.69, 9.17) is 9.84 Å². The Labute approximate surface area is 207 Å². The van der Waals surface area contributed by atoms with Crippen molar-refractivity contribution in [2.45, 2.75) is 37.6 Å². The summed E-state index contributed by atoms with van der Waals surface area (Å²) in [6.45, 7) is 0.509. The van der Waals surface area contributed by atoms with E-state index < -0.39 is 24.0 Å². The minimum Gasteiger partial charge on any atom is -0.481 e. The lowest BCUT2D eigenvalue weighted by Gasteiger charge is -2.19. The number of rotatable bonds is 11. The molecule has 3 N–H and O–H groups in total. The molecular formula is C26H27N3O5S. The number of ether oxygens (including phenoxy) is 1. The molecule has 0 saturated heterocycles. The summed E-state index contributed by atoms with van der Waals surface area (Å²) >= 11 is 1.55. The van der Waals surface area contributed by atoms with Gasteiger partial charge in [-0.25, -0.2) is 9.78 Å². The van der Waals surface area contributed by atoms with Gasteiger partial charge in [0.25, 0.3) is 0 Å². The summed E-state index contributed by atoms with van der Waals surface area (Å²) in [4.78, 5) is 40.5. The van der Waals surface area contributed by atoms with E-state index in [-0.39, 0.29) is 25.4 Å². The van der Waals surface area contributed by atoms with Crippen molar-refractivity contribution >= 4 is 29.3 Å². The second-order valence-electron chi connectivity index (χ2n) is 8.28. The van der Waals surface area contributed by atoms with Crippen molar-refractivity contribution in [2.24, 2.45) is 0 Å². The van der Waals surface area contributed by atoms with Crippen molar-refractivity contribution in [3.8, 4) is 11.1 Å². The first-order valence-corrected chi connectivity index (χ1v) is 12.4. The molecule has 9 heteroatoms. The number of nitrogens with one attached hydrogen (secondary N) is 2. The number of aryl methyl sites for hydroxylation is 1. The van der Waals surface area contributed by atoms with Crippen LogP contribution >= 0.6 is 11.3 Å². The summed E-state index contributed by atoms with van der Waals surface area (Å²) in [6.07, 6.45) is 2.13. The quantitative estimate of drug-likeness (QED) is 0.348. The molecule has 0 bridgehead atoms. The Kier molecular flexibility index (Phi) is 8.10. The van der Waals surface area contributed by atoms with E-state index in [1.54, 1.807) is 17.5 Å². The fraction of sp³-hybridized carbons (Fsp3) is 0.308. The number of thiazole rings is 1. The molecule has 1 aliphatic rings. The lowest BCUT2D eigenvalue weighted by molar-refractivity contribution is -0.137. The minimum atomic E-state index is -1.04. The van der Waals surface area contributed by atoms with E-state index in [2.05, 4.69) is 27.8 Å². The van der Waals surface area contributed by atoms with Gasteiger partial charge < -0.3 is 20.5 Å². The molecule has 35 heavy (non-hydrogen) atoms. The monoisotopic (exact) mass is 493 g/mol. The molecule has 0 saturated carbocycles. The minimum absolute atomic E-state index is 0.0299. The first kappa shape index (κ1) is 24.4. The molecule has 1 heterocycles. The van der Waals surface area contributed by atoms with Crippen LogP contribution in [-0.4, -0.2) is 47.3 Å². The molecule has 8 nitrogen and oxygen atoms in total.